The summed E-state index contributed by atoms with van der Waals surface area (Å²) >= 11 is 0. The van der Waals surface area contributed by atoms with Gasteiger partial charge in [-0.05, 0) is 42.0 Å². The van der Waals surface area contributed by atoms with Crippen LogP contribution in [-0.2, 0) is 6.42 Å². The molecule has 0 unspecified atom stereocenters. The zero-order valence-electron chi connectivity index (χ0n) is 14.8. The van der Waals surface area contributed by atoms with Crippen molar-refractivity contribution >= 4 is 17.0 Å². The third-order valence-corrected chi connectivity index (χ3v) is 4.09. The molecule has 29 heavy (non-hydrogen) atoms. The van der Waals surface area contributed by atoms with Gasteiger partial charge in [0.1, 0.15) is 5.75 Å². The zero-order valence-corrected chi connectivity index (χ0v) is 14.8. The number of pyridine rings is 1. The number of ketones is 1. The first-order valence-electron chi connectivity index (χ1n) is 8.57. The molecule has 4 aromatic rings. The lowest BCUT2D eigenvalue weighted by Crippen LogP contribution is -2.17. The van der Waals surface area contributed by atoms with E-state index in [2.05, 4.69) is 14.7 Å². The molecule has 8 heteroatoms. The minimum atomic E-state index is -4.82. The van der Waals surface area contributed by atoms with Crippen LogP contribution in [-0.4, -0.2) is 22.1 Å². The third kappa shape index (κ3) is 4.43. The molecule has 0 amide bonds. The number of rotatable bonds is 5. The number of aromatic nitrogens is 2. The van der Waals surface area contributed by atoms with Gasteiger partial charge in [-0.1, -0.05) is 24.3 Å². The number of oxazole rings is 1. The highest BCUT2D eigenvalue weighted by Gasteiger charge is 2.31. The molecule has 146 valence electrons. The van der Waals surface area contributed by atoms with E-state index in [-0.39, 0.29) is 17.8 Å². The van der Waals surface area contributed by atoms with E-state index in [4.69, 9.17) is 4.42 Å². The predicted molar refractivity (Wildman–Crippen MR) is 98.4 cm³/mol. The Balaban J connectivity index is 1.55. The van der Waals surface area contributed by atoms with Crippen molar-refractivity contribution in [2.24, 2.45) is 0 Å². The summed E-state index contributed by atoms with van der Waals surface area (Å²) in [6.45, 7) is 0. The molecule has 4 rings (SSSR count). The lowest BCUT2D eigenvalue weighted by Gasteiger charge is -2.10. The highest BCUT2D eigenvalue weighted by atomic mass is 19.4. The molecule has 0 aliphatic carbocycles. The van der Waals surface area contributed by atoms with E-state index >= 15 is 0 Å². The number of carbonyl (C=O) groups excluding carboxylic acids is 1. The quantitative estimate of drug-likeness (QED) is 0.432. The van der Waals surface area contributed by atoms with E-state index < -0.39 is 12.1 Å². The summed E-state index contributed by atoms with van der Waals surface area (Å²) < 4.78 is 46.7. The van der Waals surface area contributed by atoms with Crippen molar-refractivity contribution in [3.05, 3.63) is 78.0 Å². The number of carbonyl (C=O) groups is 1. The van der Waals surface area contributed by atoms with Gasteiger partial charge in [-0.25, -0.2) is 4.98 Å². The minimum absolute atomic E-state index is 0.00178. The van der Waals surface area contributed by atoms with Crippen molar-refractivity contribution in [2.45, 2.75) is 12.8 Å². The predicted octanol–water partition coefficient (Wildman–Crippen LogP) is 5.21. The topological polar surface area (TPSA) is 65.2 Å². The van der Waals surface area contributed by atoms with Crippen LogP contribution in [0.15, 0.2) is 71.3 Å². The number of nitrogens with zero attached hydrogens (tertiary/aromatic N) is 2. The summed E-state index contributed by atoms with van der Waals surface area (Å²) in [5.74, 6) is -0.404. The first-order chi connectivity index (χ1) is 13.9. The Morgan fingerprint density at radius 1 is 1.03 bits per heavy atom. The SMILES string of the molecule is O=C(Cc1cccc(-c2nc3ncccc3o2)c1)c1cccc(OC(F)(F)F)c1. The Kier molecular flexibility index (Phi) is 4.75. The maximum absolute atomic E-state index is 12.5. The molecule has 2 aromatic heterocycles. The second kappa shape index (κ2) is 7.38. The maximum atomic E-state index is 12.5. The van der Waals surface area contributed by atoms with Crippen molar-refractivity contribution in [3.63, 3.8) is 0 Å². The lowest BCUT2D eigenvalue weighted by molar-refractivity contribution is -0.274. The third-order valence-electron chi connectivity index (χ3n) is 4.09. The van der Waals surface area contributed by atoms with Crippen LogP contribution < -0.4 is 4.74 Å². The van der Waals surface area contributed by atoms with Crippen molar-refractivity contribution in [2.75, 3.05) is 0 Å². The molecule has 0 saturated carbocycles. The fraction of sp³-hybridized carbons (Fsp3) is 0.0952. The number of halogens is 3. The van der Waals surface area contributed by atoms with Crippen molar-refractivity contribution in [3.8, 4) is 17.2 Å². The molecule has 0 saturated heterocycles. The minimum Gasteiger partial charge on any atom is -0.434 e. The van der Waals surface area contributed by atoms with E-state index in [0.717, 1.165) is 12.1 Å². The summed E-state index contributed by atoms with van der Waals surface area (Å²) in [6.07, 6.45) is -3.20. The monoisotopic (exact) mass is 398 g/mol. The van der Waals surface area contributed by atoms with Gasteiger partial charge in [-0.2, -0.15) is 4.98 Å². The Bertz CT molecular complexity index is 1150. The smallest absolute Gasteiger partial charge is 0.434 e. The van der Waals surface area contributed by atoms with Crippen LogP contribution >= 0.6 is 0 Å². The lowest BCUT2D eigenvalue weighted by atomic mass is 10.0. The molecule has 0 aliphatic heterocycles. The number of alkyl halides is 3. The summed E-state index contributed by atoms with van der Waals surface area (Å²) in [6, 6.07) is 15.5. The molecule has 0 N–H and O–H groups in total. The highest BCUT2D eigenvalue weighted by molar-refractivity contribution is 5.98. The molecule has 2 heterocycles. The van der Waals surface area contributed by atoms with Gasteiger partial charge in [0.25, 0.3) is 0 Å². The summed E-state index contributed by atoms with van der Waals surface area (Å²) in [5, 5.41) is 0. The molecule has 0 fully saturated rings. The van der Waals surface area contributed by atoms with E-state index in [0.29, 0.717) is 28.2 Å². The number of ether oxygens (including phenoxy) is 1. The molecule has 0 atom stereocenters. The van der Waals surface area contributed by atoms with Gasteiger partial charge >= 0.3 is 6.36 Å². The summed E-state index contributed by atoms with van der Waals surface area (Å²) in [4.78, 5) is 21.0. The van der Waals surface area contributed by atoms with Crippen LogP contribution in [0.1, 0.15) is 15.9 Å². The van der Waals surface area contributed by atoms with Crippen molar-refractivity contribution in [1.29, 1.82) is 0 Å². The Morgan fingerprint density at radius 3 is 2.66 bits per heavy atom. The maximum Gasteiger partial charge on any atom is 0.573 e. The normalized spacial score (nSPS) is 11.6. The van der Waals surface area contributed by atoms with Gasteiger partial charge in [0.2, 0.25) is 5.89 Å². The van der Waals surface area contributed by atoms with Crippen LogP contribution in [0, 0.1) is 0 Å². The van der Waals surface area contributed by atoms with Crippen LogP contribution in [0.4, 0.5) is 13.2 Å². The Labute approximate surface area is 162 Å². The van der Waals surface area contributed by atoms with Crippen LogP contribution in [0.5, 0.6) is 5.75 Å². The second-order valence-corrected chi connectivity index (χ2v) is 6.22. The molecular weight excluding hydrogens is 385 g/mol. The zero-order chi connectivity index (χ0) is 20.4. The second-order valence-electron chi connectivity index (χ2n) is 6.22. The van der Waals surface area contributed by atoms with Gasteiger partial charge < -0.3 is 9.15 Å². The Morgan fingerprint density at radius 2 is 1.86 bits per heavy atom. The van der Waals surface area contributed by atoms with Crippen LogP contribution in [0.3, 0.4) is 0 Å². The molecule has 0 radical (unpaired) electrons. The average molecular weight is 398 g/mol. The number of hydrogen-bond donors (Lipinski definition) is 0. The van der Waals surface area contributed by atoms with E-state index in [1.165, 1.54) is 12.1 Å². The van der Waals surface area contributed by atoms with E-state index in [1.807, 2.05) is 0 Å². The summed E-state index contributed by atoms with van der Waals surface area (Å²) in [5.41, 5.74) is 2.49. The van der Waals surface area contributed by atoms with E-state index in [9.17, 15) is 18.0 Å². The first kappa shape index (κ1) is 18.7. The number of hydrogen-bond acceptors (Lipinski definition) is 5. The van der Waals surface area contributed by atoms with Gasteiger partial charge in [-0.15, -0.1) is 13.2 Å². The van der Waals surface area contributed by atoms with Crippen LogP contribution in [0.25, 0.3) is 22.7 Å². The molecule has 2 aromatic carbocycles. The summed E-state index contributed by atoms with van der Waals surface area (Å²) in [7, 11) is 0. The molecular formula is C21H13F3N2O3. The Hall–Kier alpha value is -3.68. The first-order valence-corrected chi connectivity index (χ1v) is 8.57. The fourth-order valence-corrected chi connectivity index (χ4v) is 2.86. The van der Waals surface area contributed by atoms with Crippen LogP contribution in [0.2, 0.25) is 0 Å². The van der Waals surface area contributed by atoms with Crippen molar-refractivity contribution < 1.29 is 27.1 Å². The fourth-order valence-electron chi connectivity index (χ4n) is 2.86. The standard InChI is InChI=1S/C21H13F3N2O3/c22-21(23,24)29-16-7-2-5-14(12-16)17(27)11-13-4-1-6-15(10-13)20-26-19-18(28-20)8-3-9-25-19/h1-10,12H,11H2. The molecule has 0 aliphatic rings. The molecule has 5 nitrogen and oxygen atoms in total. The van der Waals surface area contributed by atoms with Crippen molar-refractivity contribution in [1.82, 2.24) is 9.97 Å². The molecule has 0 spiro atoms. The van der Waals surface area contributed by atoms with Gasteiger partial charge in [0.15, 0.2) is 17.0 Å². The number of benzene rings is 2. The van der Waals surface area contributed by atoms with Gasteiger partial charge in [-0.3, -0.25) is 4.79 Å². The van der Waals surface area contributed by atoms with E-state index in [1.54, 1.807) is 42.6 Å². The van der Waals surface area contributed by atoms with Gasteiger partial charge in [0.05, 0.1) is 0 Å². The molecule has 0 bridgehead atoms. The number of fused-ring (bicyclic) bond motifs is 1. The average Bonchev–Trinajstić information content (AvgIpc) is 3.11. The highest BCUT2D eigenvalue weighted by Crippen LogP contribution is 2.26. The number of Topliss-reactive ketones (excluding diaryl/α,β-unsaturated/α-hetero) is 1. The largest absolute Gasteiger partial charge is 0.573 e. The van der Waals surface area contributed by atoms with Gasteiger partial charge in [0, 0.05) is 23.7 Å².